The molecule has 1 saturated heterocycles. The number of methoxy groups -OCH3 is 1. The van der Waals surface area contributed by atoms with Crippen LogP contribution in [-0.2, 0) is 26.0 Å². The standard InChI is InChI=1S/C23H27NO7/c1-4-28-21(25)24-11-10-23-14-7-9-17(30-22(26)29-5-2)20(23)31-19-16(27-3)8-6-13(18(19)23)12-15(14)24/h6-9,14-15,17,20H,4-5,10-12H2,1-3H3/t14-,15+,17-,20+,23-/m1/s1. The van der Waals surface area contributed by atoms with Gasteiger partial charge in [-0.05, 0) is 44.4 Å². The lowest BCUT2D eigenvalue weighted by Gasteiger charge is -2.56. The van der Waals surface area contributed by atoms with Gasteiger partial charge in [-0.15, -0.1) is 0 Å². The summed E-state index contributed by atoms with van der Waals surface area (Å²) >= 11 is 0. The van der Waals surface area contributed by atoms with Crippen LogP contribution in [0, 0.1) is 5.92 Å². The van der Waals surface area contributed by atoms with E-state index in [1.165, 1.54) is 0 Å². The molecule has 2 bridgehead atoms. The third-order valence-corrected chi connectivity index (χ3v) is 7.05. The molecule has 5 rings (SSSR count). The molecular formula is C23H27NO7. The van der Waals surface area contributed by atoms with Gasteiger partial charge in [0.15, 0.2) is 17.6 Å². The Bertz CT molecular complexity index is 944. The molecule has 2 aliphatic heterocycles. The van der Waals surface area contributed by atoms with Crippen molar-refractivity contribution >= 4 is 12.2 Å². The SMILES string of the molecule is CCOC(=O)O[C@@H]1C=C[C@@H]2[C@@H]3Cc4ccc(OC)c5c4[C@]2(CCN3C(=O)OCC)[C@H]1O5. The van der Waals surface area contributed by atoms with Gasteiger partial charge < -0.3 is 28.6 Å². The average Bonchev–Trinajstić information content (AvgIpc) is 3.09. The minimum atomic E-state index is -0.713. The number of carbonyl (C=O) groups excluding carboxylic acids is 2. The Hall–Kier alpha value is -2.90. The molecular weight excluding hydrogens is 402 g/mol. The zero-order valence-electron chi connectivity index (χ0n) is 18.0. The Morgan fingerprint density at radius 2 is 2.00 bits per heavy atom. The van der Waals surface area contributed by atoms with Crippen molar-refractivity contribution in [2.75, 3.05) is 26.9 Å². The molecule has 1 aromatic carbocycles. The van der Waals surface area contributed by atoms with E-state index in [0.717, 1.165) is 16.9 Å². The number of benzene rings is 1. The molecule has 2 heterocycles. The smallest absolute Gasteiger partial charge is 0.493 e. The largest absolute Gasteiger partial charge is 0.508 e. The van der Waals surface area contributed by atoms with E-state index in [1.54, 1.807) is 14.0 Å². The van der Waals surface area contributed by atoms with Crippen LogP contribution in [0.4, 0.5) is 9.59 Å². The van der Waals surface area contributed by atoms with E-state index in [0.29, 0.717) is 31.7 Å². The van der Waals surface area contributed by atoms with Gasteiger partial charge in [0.25, 0.3) is 0 Å². The number of piperidine rings is 1. The highest BCUT2D eigenvalue weighted by molar-refractivity contribution is 5.70. The van der Waals surface area contributed by atoms with Crippen LogP contribution in [0.25, 0.3) is 0 Å². The first-order valence-corrected chi connectivity index (χ1v) is 10.9. The van der Waals surface area contributed by atoms with Gasteiger partial charge in [-0.25, -0.2) is 9.59 Å². The summed E-state index contributed by atoms with van der Waals surface area (Å²) in [6, 6.07) is 3.91. The Labute approximate surface area is 181 Å². The first-order valence-electron chi connectivity index (χ1n) is 10.9. The van der Waals surface area contributed by atoms with Crippen LogP contribution >= 0.6 is 0 Å². The first kappa shape index (κ1) is 20.0. The van der Waals surface area contributed by atoms with E-state index < -0.39 is 23.8 Å². The zero-order chi connectivity index (χ0) is 21.8. The second kappa shape index (κ2) is 7.35. The second-order valence-corrected chi connectivity index (χ2v) is 8.30. The molecule has 2 aliphatic carbocycles. The zero-order valence-corrected chi connectivity index (χ0v) is 18.0. The second-order valence-electron chi connectivity index (χ2n) is 8.30. The molecule has 1 spiro atoms. The van der Waals surface area contributed by atoms with Crippen LogP contribution < -0.4 is 9.47 Å². The molecule has 1 aromatic rings. The van der Waals surface area contributed by atoms with Gasteiger partial charge in [-0.2, -0.15) is 0 Å². The monoisotopic (exact) mass is 429 g/mol. The van der Waals surface area contributed by atoms with Crippen molar-refractivity contribution in [3.63, 3.8) is 0 Å². The van der Waals surface area contributed by atoms with Gasteiger partial charge in [0, 0.05) is 24.1 Å². The molecule has 0 unspecified atom stereocenters. The number of ether oxygens (including phenoxy) is 5. The maximum atomic E-state index is 12.7. The van der Waals surface area contributed by atoms with E-state index >= 15 is 0 Å². The topological polar surface area (TPSA) is 83.5 Å². The summed E-state index contributed by atoms with van der Waals surface area (Å²) in [5, 5.41) is 0. The van der Waals surface area contributed by atoms with Crippen LogP contribution in [0.15, 0.2) is 24.3 Å². The summed E-state index contributed by atoms with van der Waals surface area (Å²) < 4.78 is 28.1. The third-order valence-electron chi connectivity index (χ3n) is 7.05. The predicted octanol–water partition coefficient (Wildman–Crippen LogP) is 3.21. The molecule has 0 saturated carbocycles. The van der Waals surface area contributed by atoms with Gasteiger partial charge in [-0.3, -0.25) is 0 Å². The Morgan fingerprint density at radius 1 is 1.19 bits per heavy atom. The quantitative estimate of drug-likeness (QED) is 0.537. The third kappa shape index (κ3) is 2.73. The normalized spacial score (nSPS) is 31.4. The molecule has 31 heavy (non-hydrogen) atoms. The molecule has 166 valence electrons. The fourth-order valence-corrected chi connectivity index (χ4v) is 5.99. The minimum Gasteiger partial charge on any atom is -0.493 e. The van der Waals surface area contributed by atoms with Crippen LogP contribution in [0.5, 0.6) is 11.5 Å². The van der Waals surface area contributed by atoms with E-state index in [9.17, 15) is 9.59 Å². The molecule has 1 fully saturated rings. The van der Waals surface area contributed by atoms with Gasteiger partial charge in [-0.1, -0.05) is 12.1 Å². The summed E-state index contributed by atoms with van der Waals surface area (Å²) in [5.41, 5.74) is 1.86. The highest BCUT2D eigenvalue weighted by atomic mass is 16.7. The van der Waals surface area contributed by atoms with Crippen molar-refractivity contribution < 1.29 is 33.3 Å². The van der Waals surface area contributed by atoms with Gasteiger partial charge in [0.05, 0.1) is 25.7 Å². The van der Waals surface area contributed by atoms with Gasteiger partial charge >= 0.3 is 12.2 Å². The fourth-order valence-electron chi connectivity index (χ4n) is 5.99. The lowest BCUT2D eigenvalue weighted by molar-refractivity contribution is -0.0640. The van der Waals surface area contributed by atoms with Gasteiger partial charge in [0.2, 0.25) is 0 Å². The average molecular weight is 429 g/mol. The molecule has 4 aliphatic rings. The molecule has 8 heteroatoms. The van der Waals surface area contributed by atoms with Crippen molar-refractivity contribution in [3.8, 4) is 11.5 Å². The van der Waals surface area contributed by atoms with Crippen molar-refractivity contribution in [2.24, 2.45) is 5.92 Å². The molecule has 8 nitrogen and oxygen atoms in total. The number of hydrogen-bond donors (Lipinski definition) is 0. The molecule has 0 radical (unpaired) electrons. The maximum absolute atomic E-state index is 12.7. The van der Waals surface area contributed by atoms with Crippen molar-refractivity contribution in [3.05, 3.63) is 35.4 Å². The molecule has 0 N–H and O–H groups in total. The molecule has 1 amide bonds. The minimum absolute atomic E-state index is 0.0264. The Balaban J connectivity index is 1.61. The van der Waals surface area contributed by atoms with Crippen LogP contribution in [0.1, 0.15) is 31.4 Å². The summed E-state index contributed by atoms with van der Waals surface area (Å²) in [6.07, 6.45) is 3.34. The fraction of sp³-hybridized carbons (Fsp3) is 0.565. The Kier molecular flexibility index (Phi) is 4.75. The van der Waals surface area contributed by atoms with Gasteiger partial charge in [0.1, 0.15) is 6.10 Å². The van der Waals surface area contributed by atoms with Crippen molar-refractivity contribution in [1.82, 2.24) is 4.90 Å². The van der Waals surface area contributed by atoms with Crippen molar-refractivity contribution in [1.29, 1.82) is 0 Å². The Morgan fingerprint density at radius 3 is 2.74 bits per heavy atom. The van der Waals surface area contributed by atoms with Crippen molar-refractivity contribution in [2.45, 2.75) is 50.4 Å². The van der Waals surface area contributed by atoms with E-state index in [4.69, 9.17) is 23.7 Å². The summed E-state index contributed by atoms with van der Waals surface area (Å²) in [4.78, 5) is 26.7. The van der Waals surface area contributed by atoms with E-state index in [2.05, 4.69) is 12.1 Å². The first-order chi connectivity index (χ1) is 15.0. The number of rotatable bonds is 4. The number of nitrogens with zero attached hydrogens (tertiary/aromatic N) is 1. The lowest BCUT2D eigenvalue weighted by Crippen LogP contribution is -2.66. The number of hydrogen-bond acceptors (Lipinski definition) is 7. The number of likely N-dealkylation sites (tertiary alicyclic amines) is 1. The highest BCUT2D eigenvalue weighted by Crippen LogP contribution is 2.62. The summed E-state index contributed by atoms with van der Waals surface area (Å²) in [5.74, 6) is 1.42. The lowest BCUT2D eigenvalue weighted by atomic mass is 9.53. The number of carbonyl (C=O) groups is 2. The molecule has 5 atom stereocenters. The van der Waals surface area contributed by atoms with Crippen LogP contribution in [0.3, 0.4) is 0 Å². The highest BCUT2D eigenvalue weighted by Gasteiger charge is 2.66. The van der Waals surface area contributed by atoms with E-state index in [1.807, 2.05) is 24.0 Å². The summed E-state index contributed by atoms with van der Waals surface area (Å²) in [7, 11) is 1.62. The summed E-state index contributed by atoms with van der Waals surface area (Å²) in [6.45, 7) is 4.69. The van der Waals surface area contributed by atoms with Crippen LogP contribution in [-0.4, -0.2) is 62.3 Å². The van der Waals surface area contributed by atoms with E-state index in [-0.39, 0.29) is 24.7 Å². The molecule has 0 aromatic heterocycles. The predicted molar refractivity (Wildman–Crippen MR) is 109 cm³/mol. The van der Waals surface area contributed by atoms with Crippen LogP contribution in [0.2, 0.25) is 0 Å². The maximum Gasteiger partial charge on any atom is 0.508 e. The number of amides is 1.